The standard InChI is InChI=1S/C8H16N2O/c1-4-8(7(3)9)10-5-6(2)11/h5,7-8H,4,9H2,1-3H3. The molecular formula is C8H16N2O. The van der Waals surface area contributed by atoms with Crippen LogP contribution in [-0.2, 0) is 4.79 Å². The molecule has 0 spiro atoms. The highest BCUT2D eigenvalue weighted by Gasteiger charge is 2.07. The minimum absolute atomic E-state index is 0.0237. The van der Waals surface area contributed by atoms with Gasteiger partial charge < -0.3 is 5.73 Å². The fraction of sp³-hybridized carbons (Fsp3) is 0.750. The van der Waals surface area contributed by atoms with Gasteiger partial charge in [0.05, 0.1) is 12.3 Å². The van der Waals surface area contributed by atoms with E-state index in [4.69, 9.17) is 5.73 Å². The Morgan fingerprint density at radius 3 is 2.55 bits per heavy atom. The Balaban J connectivity index is 3.97. The van der Waals surface area contributed by atoms with E-state index in [1.54, 1.807) is 0 Å². The predicted octanol–water partition coefficient (Wildman–Crippen LogP) is 0.772. The topological polar surface area (TPSA) is 55.5 Å². The van der Waals surface area contributed by atoms with E-state index in [1.165, 1.54) is 13.1 Å². The Morgan fingerprint density at radius 1 is 1.73 bits per heavy atom. The van der Waals surface area contributed by atoms with Gasteiger partial charge >= 0.3 is 0 Å². The second-order valence-electron chi connectivity index (χ2n) is 2.72. The Kier molecular flexibility index (Phi) is 4.70. The van der Waals surface area contributed by atoms with Gasteiger partial charge in [0.2, 0.25) is 0 Å². The molecule has 0 aromatic carbocycles. The van der Waals surface area contributed by atoms with Crippen molar-refractivity contribution in [2.45, 2.75) is 39.3 Å². The Hall–Kier alpha value is -0.700. The summed E-state index contributed by atoms with van der Waals surface area (Å²) >= 11 is 0. The third kappa shape index (κ3) is 4.67. The first-order valence-corrected chi connectivity index (χ1v) is 3.87. The fourth-order valence-electron chi connectivity index (χ4n) is 0.814. The lowest BCUT2D eigenvalue weighted by molar-refractivity contribution is -0.110. The minimum atomic E-state index is -0.0240. The van der Waals surface area contributed by atoms with Gasteiger partial charge in [0.1, 0.15) is 0 Å². The Labute approximate surface area is 67.7 Å². The van der Waals surface area contributed by atoms with Gasteiger partial charge in [-0.25, -0.2) is 0 Å². The van der Waals surface area contributed by atoms with Gasteiger partial charge in [0.15, 0.2) is 5.78 Å². The number of ketones is 1. The van der Waals surface area contributed by atoms with Crippen molar-refractivity contribution in [3.05, 3.63) is 0 Å². The molecule has 0 aliphatic rings. The molecule has 0 heterocycles. The second-order valence-corrected chi connectivity index (χ2v) is 2.72. The van der Waals surface area contributed by atoms with Crippen LogP contribution in [0.5, 0.6) is 0 Å². The summed E-state index contributed by atoms with van der Waals surface area (Å²) in [5, 5.41) is 0. The highest BCUT2D eigenvalue weighted by molar-refractivity contribution is 6.26. The van der Waals surface area contributed by atoms with Gasteiger partial charge in [-0.15, -0.1) is 0 Å². The first-order chi connectivity index (χ1) is 5.07. The van der Waals surface area contributed by atoms with Crippen molar-refractivity contribution < 1.29 is 4.79 Å². The van der Waals surface area contributed by atoms with Gasteiger partial charge in [-0.3, -0.25) is 9.79 Å². The van der Waals surface area contributed by atoms with Crippen LogP contribution in [0.2, 0.25) is 0 Å². The smallest absolute Gasteiger partial charge is 0.170 e. The van der Waals surface area contributed by atoms with Crippen molar-refractivity contribution in [3.63, 3.8) is 0 Å². The van der Waals surface area contributed by atoms with E-state index in [0.717, 1.165) is 6.42 Å². The predicted molar refractivity (Wildman–Crippen MR) is 46.9 cm³/mol. The van der Waals surface area contributed by atoms with Crippen molar-refractivity contribution in [2.24, 2.45) is 10.7 Å². The molecule has 0 bridgehead atoms. The quantitative estimate of drug-likeness (QED) is 0.611. The Morgan fingerprint density at radius 2 is 2.27 bits per heavy atom. The number of Topliss-reactive ketones (excluding diaryl/α,β-unsaturated/α-hetero) is 1. The maximum atomic E-state index is 10.5. The maximum Gasteiger partial charge on any atom is 0.170 e. The number of hydrogen-bond donors (Lipinski definition) is 1. The van der Waals surface area contributed by atoms with Crippen molar-refractivity contribution in [1.29, 1.82) is 0 Å². The highest BCUT2D eigenvalue weighted by Crippen LogP contribution is 1.99. The summed E-state index contributed by atoms with van der Waals surface area (Å²) in [5.41, 5.74) is 5.61. The van der Waals surface area contributed by atoms with Gasteiger partial charge in [0, 0.05) is 13.0 Å². The van der Waals surface area contributed by atoms with Crippen LogP contribution < -0.4 is 5.73 Å². The van der Waals surface area contributed by atoms with E-state index in [2.05, 4.69) is 4.99 Å². The Bertz CT molecular complexity index is 152. The molecule has 0 amide bonds. The molecular weight excluding hydrogens is 140 g/mol. The number of nitrogens with two attached hydrogens (primary N) is 1. The number of hydrogen-bond acceptors (Lipinski definition) is 3. The molecule has 0 aromatic heterocycles. The molecule has 0 aromatic rings. The van der Waals surface area contributed by atoms with Crippen LogP contribution in [-0.4, -0.2) is 24.1 Å². The summed E-state index contributed by atoms with van der Waals surface area (Å²) in [6, 6.07) is 0.106. The molecule has 2 N–H and O–H groups in total. The van der Waals surface area contributed by atoms with Crippen LogP contribution in [0.25, 0.3) is 0 Å². The fourth-order valence-corrected chi connectivity index (χ4v) is 0.814. The van der Waals surface area contributed by atoms with Crippen LogP contribution in [0.3, 0.4) is 0 Å². The molecule has 11 heavy (non-hydrogen) atoms. The molecule has 3 nitrogen and oxygen atoms in total. The van der Waals surface area contributed by atoms with E-state index < -0.39 is 0 Å². The third-order valence-corrected chi connectivity index (χ3v) is 1.47. The van der Waals surface area contributed by atoms with Crippen LogP contribution >= 0.6 is 0 Å². The monoisotopic (exact) mass is 156 g/mol. The lowest BCUT2D eigenvalue weighted by Crippen LogP contribution is -2.29. The van der Waals surface area contributed by atoms with E-state index in [0.29, 0.717) is 0 Å². The molecule has 0 rings (SSSR count). The maximum absolute atomic E-state index is 10.5. The van der Waals surface area contributed by atoms with Gasteiger partial charge in [0.25, 0.3) is 0 Å². The number of aliphatic imine (C=N–C) groups is 1. The second kappa shape index (κ2) is 5.02. The lowest BCUT2D eigenvalue weighted by atomic mass is 10.1. The molecule has 0 radical (unpaired) electrons. The van der Waals surface area contributed by atoms with Crippen molar-refractivity contribution in [1.82, 2.24) is 0 Å². The van der Waals surface area contributed by atoms with E-state index in [9.17, 15) is 4.79 Å². The number of rotatable bonds is 4. The summed E-state index contributed by atoms with van der Waals surface area (Å²) in [6.45, 7) is 5.38. The molecule has 0 saturated carbocycles. The summed E-state index contributed by atoms with van der Waals surface area (Å²) in [6.07, 6.45) is 2.22. The number of nitrogens with zero attached hydrogens (tertiary/aromatic N) is 1. The van der Waals surface area contributed by atoms with Crippen LogP contribution in [0.4, 0.5) is 0 Å². The third-order valence-electron chi connectivity index (χ3n) is 1.47. The summed E-state index contributed by atoms with van der Waals surface area (Å²) in [5.74, 6) is -0.0240. The summed E-state index contributed by atoms with van der Waals surface area (Å²) < 4.78 is 0. The van der Waals surface area contributed by atoms with Crippen molar-refractivity contribution >= 4 is 12.0 Å². The lowest BCUT2D eigenvalue weighted by Gasteiger charge is -2.12. The molecule has 0 aliphatic heterocycles. The van der Waals surface area contributed by atoms with Crippen LogP contribution in [0.1, 0.15) is 27.2 Å². The van der Waals surface area contributed by atoms with Crippen molar-refractivity contribution in [2.75, 3.05) is 0 Å². The molecule has 0 aliphatic carbocycles. The highest BCUT2D eigenvalue weighted by atomic mass is 16.1. The number of carbonyl (C=O) groups is 1. The average Bonchev–Trinajstić information content (AvgIpc) is 1.87. The zero-order valence-electron chi connectivity index (χ0n) is 7.37. The SMILES string of the molecule is CCC(N=CC(C)=O)C(C)N. The minimum Gasteiger partial charge on any atom is -0.326 e. The molecule has 0 saturated heterocycles. The first kappa shape index (κ1) is 10.3. The van der Waals surface area contributed by atoms with Crippen LogP contribution in [0, 0.1) is 0 Å². The van der Waals surface area contributed by atoms with E-state index in [1.807, 2.05) is 13.8 Å². The van der Waals surface area contributed by atoms with Gasteiger partial charge in [-0.2, -0.15) is 0 Å². The zero-order valence-corrected chi connectivity index (χ0v) is 7.37. The first-order valence-electron chi connectivity index (χ1n) is 3.87. The molecule has 2 unspecified atom stereocenters. The largest absolute Gasteiger partial charge is 0.326 e. The average molecular weight is 156 g/mol. The zero-order chi connectivity index (χ0) is 8.85. The summed E-state index contributed by atoms with van der Waals surface area (Å²) in [4.78, 5) is 14.5. The summed E-state index contributed by atoms with van der Waals surface area (Å²) in [7, 11) is 0. The molecule has 2 atom stereocenters. The van der Waals surface area contributed by atoms with E-state index in [-0.39, 0.29) is 17.9 Å². The van der Waals surface area contributed by atoms with Crippen LogP contribution in [0.15, 0.2) is 4.99 Å². The molecule has 64 valence electrons. The van der Waals surface area contributed by atoms with E-state index >= 15 is 0 Å². The molecule has 3 heteroatoms. The van der Waals surface area contributed by atoms with Gasteiger partial charge in [-0.1, -0.05) is 6.92 Å². The molecule has 0 fully saturated rings. The van der Waals surface area contributed by atoms with Crippen molar-refractivity contribution in [3.8, 4) is 0 Å². The number of carbonyl (C=O) groups excluding carboxylic acids is 1. The van der Waals surface area contributed by atoms with Gasteiger partial charge in [-0.05, 0) is 13.3 Å². The normalized spacial score (nSPS) is 16.7.